The van der Waals surface area contributed by atoms with Gasteiger partial charge < -0.3 is 24.5 Å². The number of carbonyl (C=O) groups excluding carboxylic acids is 3. The fraction of sp³-hybridized carbons (Fsp3) is 0.188. The van der Waals surface area contributed by atoms with Crippen LogP contribution in [0.2, 0.25) is 0 Å². The molecule has 1 aliphatic heterocycles. The Morgan fingerprint density at radius 2 is 2.00 bits per heavy atom. The molecule has 0 saturated carbocycles. The monoisotopic (exact) mass is 330 g/mol. The fourth-order valence-electron chi connectivity index (χ4n) is 2.10. The molecular formula is C16H14N2O6. The Morgan fingerprint density at radius 3 is 2.75 bits per heavy atom. The molecule has 3 rings (SSSR count). The largest absolute Gasteiger partial charge is 0.454 e. The van der Waals surface area contributed by atoms with E-state index in [1.165, 1.54) is 19.2 Å². The van der Waals surface area contributed by atoms with Crippen LogP contribution in [0.15, 0.2) is 30.5 Å². The zero-order chi connectivity index (χ0) is 17.1. The van der Waals surface area contributed by atoms with Crippen LogP contribution in [0.1, 0.15) is 27.8 Å². The van der Waals surface area contributed by atoms with Gasteiger partial charge in [-0.2, -0.15) is 0 Å². The summed E-state index contributed by atoms with van der Waals surface area (Å²) in [5.74, 6) is -0.254. The molecule has 124 valence electrons. The van der Waals surface area contributed by atoms with Gasteiger partial charge in [0.15, 0.2) is 23.9 Å². The van der Waals surface area contributed by atoms with Crippen molar-refractivity contribution in [3.63, 3.8) is 0 Å². The van der Waals surface area contributed by atoms with Gasteiger partial charge in [0.1, 0.15) is 5.69 Å². The Labute approximate surface area is 136 Å². The van der Waals surface area contributed by atoms with Gasteiger partial charge in [-0.25, -0.2) is 4.79 Å². The lowest BCUT2D eigenvalue weighted by Crippen LogP contribution is -2.21. The van der Waals surface area contributed by atoms with Crippen LogP contribution in [-0.2, 0) is 9.53 Å². The Hall–Kier alpha value is -3.29. The molecule has 0 aliphatic carbocycles. The summed E-state index contributed by atoms with van der Waals surface area (Å²) in [7, 11) is 0. The molecule has 1 aliphatic rings. The minimum absolute atomic E-state index is 0.107. The number of hydrogen-bond acceptors (Lipinski definition) is 6. The summed E-state index contributed by atoms with van der Waals surface area (Å²) in [5.41, 5.74) is 0.974. The molecule has 0 saturated heterocycles. The number of H-pyrrole nitrogens is 1. The predicted molar refractivity (Wildman–Crippen MR) is 82.3 cm³/mol. The summed E-state index contributed by atoms with van der Waals surface area (Å²) in [6, 6.07) is 6.32. The van der Waals surface area contributed by atoms with Crippen LogP contribution in [0.5, 0.6) is 11.5 Å². The van der Waals surface area contributed by atoms with E-state index < -0.39 is 18.5 Å². The van der Waals surface area contributed by atoms with Crippen LogP contribution in [0, 0.1) is 0 Å². The maximum atomic E-state index is 11.8. The van der Waals surface area contributed by atoms with Gasteiger partial charge in [-0.3, -0.25) is 9.59 Å². The third-order valence-electron chi connectivity index (χ3n) is 3.30. The number of Topliss-reactive ketones (excluding diaryl/α,β-unsaturated/α-hetero) is 1. The third-order valence-corrected chi connectivity index (χ3v) is 3.30. The Morgan fingerprint density at radius 1 is 1.21 bits per heavy atom. The third kappa shape index (κ3) is 3.37. The molecule has 1 amide bonds. The molecular weight excluding hydrogens is 316 g/mol. The van der Waals surface area contributed by atoms with E-state index in [2.05, 4.69) is 10.3 Å². The quantitative estimate of drug-likeness (QED) is 0.639. The van der Waals surface area contributed by atoms with E-state index in [-0.39, 0.29) is 18.3 Å². The maximum absolute atomic E-state index is 11.8. The van der Waals surface area contributed by atoms with Gasteiger partial charge in [-0.1, -0.05) is 0 Å². The van der Waals surface area contributed by atoms with Crippen molar-refractivity contribution >= 4 is 23.3 Å². The molecule has 8 nitrogen and oxygen atoms in total. The van der Waals surface area contributed by atoms with Crippen LogP contribution in [0.25, 0.3) is 0 Å². The van der Waals surface area contributed by atoms with Crippen molar-refractivity contribution in [3.8, 4) is 11.5 Å². The van der Waals surface area contributed by atoms with Gasteiger partial charge in [0.25, 0.3) is 5.91 Å². The van der Waals surface area contributed by atoms with E-state index >= 15 is 0 Å². The van der Waals surface area contributed by atoms with Gasteiger partial charge >= 0.3 is 5.97 Å². The highest BCUT2D eigenvalue weighted by molar-refractivity contribution is 5.98. The van der Waals surface area contributed by atoms with Gasteiger partial charge in [0, 0.05) is 23.5 Å². The Balaban J connectivity index is 1.53. The van der Waals surface area contributed by atoms with Crippen molar-refractivity contribution in [2.24, 2.45) is 0 Å². The number of ketones is 1. The first-order valence-electron chi connectivity index (χ1n) is 7.09. The first kappa shape index (κ1) is 15.6. The number of hydrogen-bond donors (Lipinski definition) is 2. The SMILES string of the molecule is CC(=O)c1c[nH]c(C(=O)OCC(=O)Nc2ccc3c(c2)OCO3)c1. The van der Waals surface area contributed by atoms with Crippen molar-refractivity contribution in [1.82, 2.24) is 4.98 Å². The molecule has 1 aromatic heterocycles. The smallest absolute Gasteiger partial charge is 0.355 e. The standard InChI is InChI=1S/C16H14N2O6/c1-9(19)10-4-12(17-6-10)16(21)22-7-15(20)18-11-2-3-13-14(5-11)24-8-23-13/h2-6,17H,7-8H2,1H3,(H,18,20). The Kier molecular flexibility index (Phi) is 4.19. The van der Waals surface area contributed by atoms with E-state index in [0.29, 0.717) is 22.7 Å². The molecule has 0 atom stereocenters. The highest BCUT2D eigenvalue weighted by atomic mass is 16.7. The fourth-order valence-corrected chi connectivity index (χ4v) is 2.10. The average molecular weight is 330 g/mol. The van der Waals surface area contributed by atoms with Gasteiger partial charge in [-0.15, -0.1) is 0 Å². The summed E-state index contributed by atoms with van der Waals surface area (Å²) in [6.45, 7) is 1.07. The summed E-state index contributed by atoms with van der Waals surface area (Å²) in [6.07, 6.45) is 1.41. The van der Waals surface area contributed by atoms with E-state index in [1.54, 1.807) is 18.2 Å². The van der Waals surface area contributed by atoms with Crippen molar-refractivity contribution in [2.45, 2.75) is 6.92 Å². The zero-order valence-electron chi connectivity index (χ0n) is 12.8. The lowest BCUT2D eigenvalue weighted by molar-refractivity contribution is -0.119. The highest BCUT2D eigenvalue weighted by Gasteiger charge is 2.16. The summed E-state index contributed by atoms with van der Waals surface area (Å²) in [5, 5.41) is 2.59. The second-order valence-corrected chi connectivity index (χ2v) is 5.05. The van der Waals surface area contributed by atoms with E-state index in [9.17, 15) is 14.4 Å². The lowest BCUT2D eigenvalue weighted by Gasteiger charge is -2.06. The number of rotatable bonds is 5. The molecule has 0 spiro atoms. The molecule has 8 heteroatoms. The predicted octanol–water partition coefficient (Wildman–Crippen LogP) is 1.74. The maximum Gasteiger partial charge on any atom is 0.355 e. The van der Waals surface area contributed by atoms with Crippen molar-refractivity contribution in [1.29, 1.82) is 0 Å². The first-order valence-corrected chi connectivity index (χ1v) is 7.09. The van der Waals surface area contributed by atoms with Crippen molar-refractivity contribution in [2.75, 3.05) is 18.7 Å². The number of anilines is 1. The number of amides is 1. The lowest BCUT2D eigenvalue weighted by atomic mass is 10.2. The minimum Gasteiger partial charge on any atom is -0.454 e. The van der Waals surface area contributed by atoms with Crippen molar-refractivity contribution < 1.29 is 28.6 Å². The van der Waals surface area contributed by atoms with Gasteiger partial charge in [-0.05, 0) is 25.1 Å². The molecule has 24 heavy (non-hydrogen) atoms. The molecule has 2 aromatic rings. The van der Waals surface area contributed by atoms with E-state index in [4.69, 9.17) is 14.2 Å². The number of carbonyl (C=O) groups is 3. The molecule has 2 N–H and O–H groups in total. The van der Waals surface area contributed by atoms with Gasteiger partial charge in [0.2, 0.25) is 6.79 Å². The molecule has 2 heterocycles. The molecule has 0 unspecified atom stereocenters. The number of nitrogens with one attached hydrogen (secondary N) is 2. The second kappa shape index (κ2) is 6.45. The van der Waals surface area contributed by atoms with Crippen LogP contribution < -0.4 is 14.8 Å². The second-order valence-electron chi connectivity index (χ2n) is 5.05. The number of aromatic amines is 1. The summed E-state index contributed by atoms with van der Waals surface area (Å²) >= 11 is 0. The van der Waals surface area contributed by atoms with Gasteiger partial charge in [0.05, 0.1) is 0 Å². The summed E-state index contributed by atoms with van der Waals surface area (Å²) in [4.78, 5) is 37.5. The number of aromatic nitrogens is 1. The zero-order valence-corrected chi connectivity index (χ0v) is 12.8. The van der Waals surface area contributed by atoms with Crippen LogP contribution in [0.3, 0.4) is 0 Å². The summed E-state index contributed by atoms with van der Waals surface area (Å²) < 4.78 is 15.3. The van der Waals surface area contributed by atoms with Crippen LogP contribution in [-0.4, -0.2) is 36.0 Å². The van der Waals surface area contributed by atoms with E-state index in [0.717, 1.165) is 0 Å². The number of esters is 1. The number of ether oxygens (including phenoxy) is 3. The van der Waals surface area contributed by atoms with E-state index in [1.807, 2.05) is 0 Å². The average Bonchev–Trinajstić information content (AvgIpc) is 3.21. The van der Waals surface area contributed by atoms with Crippen molar-refractivity contribution in [3.05, 3.63) is 41.7 Å². The topological polar surface area (TPSA) is 107 Å². The first-order chi connectivity index (χ1) is 11.5. The molecule has 0 fully saturated rings. The molecule has 1 aromatic carbocycles. The Bertz CT molecular complexity index is 811. The van der Waals surface area contributed by atoms with Crippen LogP contribution >= 0.6 is 0 Å². The highest BCUT2D eigenvalue weighted by Crippen LogP contribution is 2.34. The normalized spacial score (nSPS) is 11.9. The number of benzene rings is 1. The minimum atomic E-state index is -0.719. The van der Waals surface area contributed by atoms with Crippen LogP contribution in [0.4, 0.5) is 5.69 Å². The number of fused-ring (bicyclic) bond motifs is 1. The molecule has 0 radical (unpaired) electrons. The molecule has 0 bridgehead atoms.